The quantitative estimate of drug-likeness (QED) is 0.853. The first-order valence-electron chi connectivity index (χ1n) is 6.90. The van der Waals surface area contributed by atoms with E-state index in [2.05, 4.69) is 10.3 Å². The van der Waals surface area contributed by atoms with Crippen LogP contribution in [0.25, 0.3) is 0 Å². The molecule has 0 saturated heterocycles. The van der Waals surface area contributed by atoms with Crippen molar-refractivity contribution < 1.29 is 4.39 Å². The molecule has 0 fully saturated rings. The number of fused-ring (bicyclic) bond motifs is 1. The summed E-state index contributed by atoms with van der Waals surface area (Å²) in [5.41, 5.74) is 10.0. The molecule has 0 amide bonds. The molecule has 0 bridgehead atoms. The van der Waals surface area contributed by atoms with Crippen LogP contribution in [-0.4, -0.2) is 9.97 Å². The predicted molar refractivity (Wildman–Crippen MR) is 86.6 cm³/mol. The van der Waals surface area contributed by atoms with Gasteiger partial charge in [-0.05, 0) is 55.5 Å². The smallest absolute Gasteiger partial charge is 0.140 e. The van der Waals surface area contributed by atoms with Gasteiger partial charge in [0.2, 0.25) is 0 Å². The Kier molecular flexibility index (Phi) is 3.59. The van der Waals surface area contributed by atoms with E-state index in [-0.39, 0.29) is 5.82 Å². The standard InChI is InChI=1S/C16H16FN3S/c1-9-5-6-11(8-13(9)17)19-16-12(15(18)21)7-10-3-2-4-14(10)20-16/h5-8H,2-4H2,1H3,(H2,18,21)(H,19,20). The number of anilines is 2. The Morgan fingerprint density at radius 3 is 2.86 bits per heavy atom. The van der Waals surface area contributed by atoms with Gasteiger partial charge in [-0.15, -0.1) is 0 Å². The average Bonchev–Trinajstić information content (AvgIpc) is 2.89. The van der Waals surface area contributed by atoms with Crippen molar-refractivity contribution >= 4 is 28.7 Å². The van der Waals surface area contributed by atoms with Gasteiger partial charge in [0.05, 0.1) is 5.56 Å². The number of nitrogens with two attached hydrogens (primary N) is 1. The van der Waals surface area contributed by atoms with Gasteiger partial charge in [0.15, 0.2) is 0 Å². The van der Waals surface area contributed by atoms with Gasteiger partial charge in [0.25, 0.3) is 0 Å². The number of hydrogen-bond acceptors (Lipinski definition) is 3. The van der Waals surface area contributed by atoms with Crippen LogP contribution in [-0.2, 0) is 12.8 Å². The van der Waals surface area contributed by atoms with Gasteiger partial charge in [-0.2, -0.15) is 0 Å². The molecule has 0 spiro atoms. The third-order valence-corrected chi connectivity index (χ3v) is 3.97. The van der Waals surface area contributed by atoms with Gasteiger partial charge < -0.3 is 11.1 Å². The summed E-state index contributed by atoms with van der Waals surface area (Å²) in [6, 6.07) is 7.00. The highest BCUT2D eigenvalue weighted by molar-refractivity contribution is 7.80. The number of nitrogens with one attached hydrogen (secondary N) is 1. The molecule has 108 valence electrons. The van der Waals surface area contributed by atoms with Crippen molar-refractivity contribution in [3.63, 3.8) is 0 Å². The minimum absolute atomic E-state index is 0.252. The van der Waals surface area contributed by atoms with Crippen molar-refractivity contribution in [1.29, 1.82) is 0 Å². The number of aryl methyl sites for hydroxylation is 3. The fourth-order valence-corrected chi connectivity index (χ4v) is 2.72. The predicted octanol–water partition coefficient (Wildman–Crippen LogP) is 3.40. The van der Waals surface area contributed by atoms with Crippen molar-refractivity contribution in [3.8, 4) is 0 Å². The van der Waals surface area contributed by atoms with Crippen LogP contribution in [0.2, 0.25) is 0 Å². The second-order valence-corrected chi connectivity index (χ2v) is 5.74. The van der Waals surface area contributed by atoms with Crippen LogP contribution in [0, 0.1) is 12.7 Å². The monoisotopic (exact) mass is 301 g/mol. The van der Waals surface area contributed by atoms with E-state index in [1.165, 1.54) is 11.6 Å². The third kappa shape index (κ3) is 2.74. The molecular weight excluding hydrogens is 285 g/mol. The topological polar surface area (TPSA) is 50.9 Å². The summed E-state index contributed by atoms with van der Waals surface area (Å²) in [4.78, 5) is 4.92. The molecule has 1 aliphatic carbocycles. The first-order valence-corrected chi connectivity index (χ1v) is 7.31. The van der Waals surface area contributed by atoms with E-state index in [1.54, 1.807) is 13.0 Å². The molecular formula is C16H16FN3S. The Hall–Kier alpha value is -2.01. The van der Waals surface area contributed by atoms with Crippen LogP contribution in [0.3, 0.4) is 0 Å². The number of aromatic nitrogens is 1. The van der Waals surface area contributed by atoms with Crippen molar-refractivity contribution in [2.45, 2.75) is 26.2 Å². The molecule has 0 saturated carbocycles. The normalized spacial score (nSPS) is 13.0. The highest BCUT2D eigenvalue weighted by Gasteiger charge is 2.18. The summed E-state index contributed by atoms with van der Waals surface area (Å²) in [6.07, 6.45) is 3.07. The fourth-order valence-electron chi connectivity index (χ4n) is 2.56. The molecule has 3 N–H and O–H groups in total. The van der Waals surface area contributed by atoms with E-state index in [0.717, 1.165) is 25.0 Å². The molecule has 1 aromatic heterocycles. The molecule has 0 atom stereocenters. The lowest BCUT2D eigenvalue weighted by Crippen LogP contribution is -2.14. The Morgan fingerprint density at radius 2 is 2.14 bits per heavy atom. The Bertz CT molecular complexity index is 728. The highest BCUT2D eigenvalue weighted by atomic mass is 32.1. The van der Waals surface area contributed by atoms with E-state index in [1.807, 2.05) is 12.1 Å². The summed E-state index contributed by atoms with van der Waals surface area (Å²) in [6.45, 7) is 1.73. The maximum Gasteiger partial charge on any atom is 0.140 e. The van der Waals surface area contributed by atoms with Crippen LogP contribution in [0.1, 0.15) is 28.8 Å². The van der Waals surface area contributed by atoms with Gasteiger partial charge in [0.1, 0.15) is 16.6 Å². The van der Waals surface area contributed by atoms with Crippen LogP contribution in [0.5, 0.6) is 0 Å². The largest absolute Gasteiger partial charge is 0.389 e. The number of benzene rings is 1. The zero-order valence-corrected chi connectivity index (χ0v) is 12.6. The lowest BCUT2D eigenvalue weighted by molar-refractivity contribution is 0.619. The molecule has 0 radical (unpaired) electrons. The first-order chi connectivity index (χ1) is 10.0. The maximum atomic E-state index is 13.6. The zero-order valence-electron chi connectivity index (χ0n) is 11.7. The first kappa shape index (κ1) is 13.9. The van der Waals surface area contributed by atoms with Crippen LogP contribution < -0.4 is 11.1 Å². The van der Waals surface area contributed by atoms with E-state index in [9.17, 15) is 4.39 Å². The summed E-state index contributed by atoms with van der Waals surface area (Å²) >= 11 is 5.11. The second kappa shape index (κ2) is 5.41. The Morgan fingerprint density at radius 1 is 1.33 bits per heavy atom. The maximum absolute atomic E-state index is 13.6. The van der Waals surface area contributed by atoms with Crippen LogP contribution >= 0.6 is 12.2 Å². The van der Waals surface area contributed by atoms with Crippen molar-refractivity contribution in [3.05, 3.63) is 52.5 Å². The molecule has 3 rings (SSSR count). The van der Waals surface area contributed by atoms with E-state index in [0.29, 0.717) is 27.6 Å². The number of rotatable bonds is 3. The third-order valence-electron chi connectivity index (χ3n) is 3.75. The van der Waals surface area contributed by atoms with E-state index in [4.69, 9.17) is 18.0 Å². The van der Waals surface area contributed by atoms with Crippen molar-refractivity contribution in [1.82, 2.24) is 4.98 Å². The molecule has 1 aliphatic rings. The lowest BCUT2D eigenvalue weighted by atomic mass is 10.1. The molecule has 1 heterocycles. The zero-order chi connectivity index (χ0) is 15.0. The number of thiocarbonyl (C=S) groups is 1. The highest BCUT2D eigenvalue weighted by Crippen LogP contribution is 2.27. The molecule has 2 aromatic rings. The Balaban J connectivity index is 2.01. The lowest BCUT2D eigenvalue weighted by Gasteiger charge is -2.13. The van der Waals surface area contributed by atoms with Gasteiger partial charge in [0, 0.05) is 11.4 Å². The van der Waals surface area contributed by atoms with Crippen molar-refractivity contribution in [2.24, 2.45) is 5.73 Å². The van der Waals surface area contributed by atoms with Crippen molar-refractivity contribution in [2.75, 3.05) is 5.32 Å². The van der Waals surface area contributed by atoms with E-state index < -0.39 is 0 Å². The molecule has 0 unspecified atom stereocenters. The number of nitrogens with zero attached hydrogens (tertiary/aromatic N) is 1. The number of hydrogen-bond donors (Lipinski definition) is 2. The average molecular weight is 301 g/mol. The summed E-state index contributed by atoms with van der Waals surface area (Å²) in [7, 11) is 0. The SMILES string of the molecule is Cc1ccc(Nc2nc3c(cc2C(N)=S)CCC3)cc1F. The minimum atomic E-state index is -0.252. The molecule has 21 heavy (non-hydrogen) atoms. The summed E-state index contributed by atoms with van der Waals surface area (Å²) in [5.74, 6) is 0.351. The summed E-state index contributed by atoms with van der Waals surface area (Å²) < 4.78 is 13.6. The van der Waals surface area contributed by atoms with Gasteiger partial charge in [-0.25, -0.2) is 9.37 Å². The molecule has 0 aliphatic heterocycles. The van der Waals surface area contributed by atoms with Crippen LogP contribution in [0.4, 0.5) is 15.9 Å². The molecule has 5 heteroatoms. The second-order valence-electron chi connectivity index (χ2n) is 5.30. The number of pyridine rings is 1. The minimum Gasteiger partial charge on any atom is -0.389 e. The summed E-state index contributed by atoms with van der Waals surface area (Å²) in [5, 5.41) is 3.13. The molecule has 1 aromatic carbocycles. The van der Waals surface area contributed by atoms with Gasteiger partial charge >= 0.3 is 0 Å². The van der Waals surface area contributed by atoms with Crippen LogP contribution in [0.15, 0.2) is 24.3 Å². The van der Waals surface area contributed by atoms with E-state index >= 15 is 0 Å². The van der Waals surface area contributed by atoms with Gasteiger partial charge in [-0.1, -0.05) is 18.3 Å². The fraction of sp³-hybridized carbons (Fsp3) is 0.250. The Labute approximate surface area is 128 Å². The molecule has 3 nitrogen and oxygen atoms in total. The number of halogens is 1. The van der Waals surface area contributed by atoms with Gasteiger partial charge in [-0.3, -0.25) is 0 Å².